The predicted molar refractivity (Wildman–Crippen MR) is 111 cm³/mol. The van der Waals surface area contributed by atoms with Crippen molar-refractivity contribution in [1.29, 1.82) is 0 Å². The smallest absolute Gasteiger partial charge is 0.254 e. The lowest BCUT2D eigenvalue weighted by Crippen LogP contribution is -2.41. The van der Waals surface area contributed by atoms with Crippen LogP contribution in [0.15, 0.2) is 42.5 Å². The maximum atomic E-state index is 13.3. The highest BCUT2D eigenvalue weighted by Crippen LogP contribution is 2.33. The number of carbonyl (C=O) groups excluding carboxylic acids is 2. The van der Waals surface area contributed by atoms with Gasteiger partial charge in [-0.15, -0.1) is 0 Å². The van der Waals surface area contributed by atoms with E-state index in [0.29, 0.717) is 42.4 Å². The van der Waals surface area contributed by atoms with Gasteiger partial charge in [0.1, 0.15) is 0 Å². The van der Waals surface area contributed by atoms with Crippen molar-refractivity contribution in [1.82, 2.24) is 4.90 Å². The molecular formula is C22H27N3O4. The van der Waals surface area contributed by atoms with Gasteiger partial charge in [-0.2, -0.15) is 0 Å². The zero-order valence-corrected chi connectivity index (χ0v) is 17.0. The first-order valence-corrected chi connectivity index (χ1v) is 9.53. The second kappa shape index (κ2) is 8.53. The maximum absolute atomic E-state index is 13.3. The minimum absolute atomic E-state index is 0.116. The molecule has 154 valence electrons. The molecule has 0 unspecified atom stereocenters. The van der Waals surface area contributed by atoms with Crippen LogP contribution in [-0.2, 0) is 11.3 Å². The summed E-state index contributed by atoms with van der Waals surface area (Å²) < 4.78 is 10.7. The van der Waals surface area contributed by atoms with Gasteiger partial charge in [-0.1, -0.05) is 26.0 Å². The molecule has 0 saturated carbocycles. The first-order valence-electron chi connectivity index (χ1n) is 9.53. The Morgan fingerprint density at radius 1 is 1.14 bits per heavy atom. The molecule has 7 heteroatoms. The lowest BCUT2D eigenvalue weighted by Gasteiger charge is -2.32. The molecule has 29 heavy (non-hydrogen) atoms. The van der Waals surface area contributed by atoms with Gasteiger partial charge in [-0.05, 0) is 47.9 Å². The molecule has 2 aromatic carbocycles. The molecule has 0 radical (unpaired) electrons. The SMILES string of the molecule is CC(=O)Nc1cccc(CN(CC(C)(C)CN)C(=O)c2ccc3c(c2)OCO3)c1. The van der Waals surface area contributed by atoms with Crippen molar-refractivity contribution in [3.63, 3.8) is 0 Å². The molecule has 2 aromatic rings. The Morgan fingerprint density at radius 2 is 1.90 bits per heavy atom. The largest absolute Gasteiger partial charge is 0.454 e. The lowest BCUT2D eigenvalue weighted by molar-refractivity contribution is -0.114. The Balaban J connectivity index is 1.86. The third-order valence-electron chi connectivity index (χ3n) is 4.70. The van der Waals surface area contributed by atoms with Crippen LogP contribution in [0.1, 0.15) is 36.7 Å². The van der Waals surface area contributed by atoms with E-state index in [0.717, 1.165) is 5.56 Å². The minimum atomic E-state index is -0.249. The van der Waals surface area contributed by atoms with Crippen molar-refractivity contribution in [3.05, 3.63) is 53.6 Å². The number of nitrogens with one attached hydrogen (secondary N) is 1. The van der Waals surface area contributed by atoms with Gasteiger partial charge in [-0.3, -0.25) is 9.59 Å². The van der Waals surface area contributed by atoms with E-state index < -0.39 is 0 Å². The molecule has 3 rings (SSSR count). The van der Waals surface area contributed by atoms with Crippen LogP contribution in [0.3, 0.4) is 0 Å². The van der Waals surface area contributed by atoms with Crippen molar-refractivity contribution in [3.8, 4) is 11.5 Å². The standard InChI is InChI=1S/C22H27N3O4/c1-15(26)24-18-6-4-5-16(9-18)11-25(13-22(2,3)12-23)21(27)17-7-8-19-20(10-17)29-14-28-19/h4-10H,11-14,23H2,1-3H3,(H,24,26). The molecule has 0 aromatic heterocycles. The number of hydrogen-bond acceptors (Lipinski definition) is 5. The summed E-state index contributed by atoms with van der Waals surface area (Å²) in [5, 5.41) is 2.77. The van der Waals surface area contributed by atoms with Crippen molar-refractivity contribution in [2.45, 2.75) is 27.3 Å². The van der Waals surface area contributed by atoms with E-state index in [9.17, 15) is 9.59 Å². The fraction of sp³-hybridized carbons (Fsp3) is 0.364. The summed E-state index contributed by atoms with van der Waals surface area (Å²) in [6, 6.07) is 12.7. The van der Waals surface area contributed by atoms with E-state index in [2.05, 4.69) is 5.32 Å². The van der Waals surface area contributed by atoms with Crippen LogP contribution in [-0.4, -0.2) is 36.6 Å². The van der Waals surface area contributed by atoms with Gasteiger partial charge in [0.15, 0.2) is 11.5 Å². The summed E-state index contributed by atoms with van der Waals surface area (Å²) in [7, 11) is 0. The number of carbonyl (C=O) groups is 2. The van der Waals surface area contributed by atoms with Crippen LogP contribution in [0, 0.1) is 5.41 Å². The number of hydrogen-bond donors (Lipinski definition) is 2. The molecule has 3 N–H and O–H groups in total. The van der Waals surface area contributed by atoms with Gasteiger partial charge >= 0.3 is 0 Å². The van der Waals surface area contributed by atoms with Gasteiger partial charge in [-0.25, -0.2) is 0 Å². The van der Waals surface area contributed by atoms with Crippen LogP contribution < -0.4 is 20.5 Å². The number of nitrogens with zero attached hydrogens (tertiary/aromatic N) is 1. The Morgan fingerprint density at radius 3 is 2.62 bits per heavy atom. The normalized spacial score (nSPS) is 12.6. The van der Waals surface area contributed by atoms with Crippen LogP contribution in [0.5, 0.6) is 11.5 Å². The number of benzene rings is 2. The highest BCUT2D eigenvalue weighted by atomic mass is 16.7. The Hall–Kier alpha value is -3.06. The number of ether oxygens (including phenoxy) is 2. The number of nitrogens with two attached hydrogens (primary N) is 1. The zero-order valence-electron chi connectivity index (χ0n) is 17.0. The predicted octanol–water partition coefficient (Wildman–Crippen LogP) is 3.00. The van der Waals surface area contributed by atoms with E-state index in [-0.39, 0.29) is 24.0 Å². The zero-order chi connectivity index (χ0) is 21.0. The maximum Gasteiger partial charge on any atom is 0.254 e. The molecule has 1 aliphatic heterocycles. The lowest BCUT2D eigenvalue weighted by atomic mass is 9.92. The monoisotopic (exact) mass is 397 g/mol. The van der Waals surface area contributed by atoms with E-state index in [1.807, 2.05) is 38.1 Å². The van der Waals surface area contributed by atoms with E-state index in [4.69, 9.17) is 15.2 Å². The third-order valence-corrected chi connectivity index (χ3v) is 4.70. The Bertz CT molecular complexity index is 911. The second-order valence-corrected chi connectivity index (χ2v) is 7.98. The molecule has 7 nitrogen and oxygen atoms in total. The van der Waals surface area contributed by atoms with Gasteiger partial charge in [0, 0.05) is 31.3 Å². The average Bonchev–Trinajstić information content (AvgIpc) is 3.14. The molecular weight excluding hydrogens is 370 g/mol. The molecule has 0 atom stereocenters. The van der Waals surface area contributed by atoms with Gasteiger partial charge in [0.2, 0.25) is 12.7 Å². The topological polar surface area (TPSA) is 93.9 Å². The van der Waals surface area contributed by atoms with Crippen molar-refractivity contribution < 1.29 is 19.1 Å². The second-order valence-electron chi connectivity index (χ2n) is 7.98. The summed E-state index contributed by atoms with van der Waals surface area (Å²) in [6.07, 6.45) is 0. The van der Waals surface area contributed by atoms with Crippen LogP contribution in [0.4, 0.5) is 5.69 Å². The Kier molecular flexibility index (Phi) is 6.08. The number of rotatable bonds is 7. The molecule has 0 aliphatic carbocycles. The third kappa shape index (κ3) is 5.26. The minimum Gasteiger partial charge on any atom is -0.454 e. The summed E-state index contributed by atoms with van der Waals surface area (Å²) in [5.41, 5.74) is 7.81. The summed E-state index contributed by atoms with van der Waals surface area (Å²) in [5.74, 6) is 0.953. The molecule has 1 heterocycles. The molecule has 0 spiro atoms. The highest BCUT2D eigenvalue weighted by molar-refractivity contribution is 5.95. The summed E-state index contributed by atoms with van der Waals surface area (Å²) in [4.78, 5) is 26.4. The fourth-order valence-corrected chi connectivity index (χ4v) is 3.16. The van der Waals surface area contributed by atoms with Gasteiger partial charge in [0.25, 0.3) is 5.91 Å². The molecule has 2 amide bonds. The average molecular weight is 397 g/mol. The fourth-order valence-electron chi connectivity index (χ4n) is 3.16. The molecule has 0 saturated heterocycles. The van der Waals surface area contributed by atoms with E-state index >= 15 is 0 Å². The Labute approximate surface area is 170 Å². The van der Waals surface area contributed by atoms with Gasteiger partial charge < -0.3 is 25.4 Å². The summed E-state index contributed by atoms with van der Waals surface area (Å²) >= 11 is 0. The van der Waals surface area contributed by atoms with Crippen molar-refractivity contribution in [2.75, 3.05) is 25.2 Å². The van der Waals surface area contributed by atoms with Crippen LogP contribution in [0.2, 0.25) is 0 Å². The first-order chi connectivity index (χ1) is 13.8. The van der Waals surface area contributed by atoms with Gasteiger partial charge in [0.05, 0.1) is 0 Å². The first kappa shape index (κ1) is 20.7. The molecule has 0 bridgehead atoms. The molecule has 1 aliphatic rings. The number of amides is 2. The number of fused-ring (bicyclic) bond motifs is 1. The van der Waals surface area contributed by atoms with Crippen LogP contribution >= 0.6 is 0 Å². The summed E-state index contributed by atoms with van der Waals surface area (Å²) in [6.45, 7) is 7.01. The van der Waals surface area contributed by atoms with E-state index in [1.54, 1.807) is 23.1 Å². The van der Waals surface area contributed by atoms with Crippen molar-refractivity contribution in [2.24, 2.45) is 11.1 Å². The van der Waals surface area contributed by atoms with Crippen molar-refractivity contribution >= 4 is 17.5 Å². The van der Waals surface area contributed by atoms with Crippen LogP contribution in [0.25, 0.3) is 0 Å². The quantitative estimate of drug-likeness (QED) is 0.749. The number of anilines is 1. The molecule has 0 fully saturated rings. The highest BCUT2D eigenvalue weighted by Gasteiger charge is 2.26. The van der Waals surface area contributed by atoms with E-state index in [1.165, 1.54) is 6.92 Å².